The van der Waals surface area contributed by atoms with Gasteiger partial charge in [-0.3, -0.25) is 9.59 Å². The van der Waals surface area contributed by atoms with Crippen molar-refractivity contribution < 1.29 is 9.59 Å². The molecule has 2 rings (SSSR count). The molecule has 0 bridgehead atoms. The topological polar surface area (TPSA) is 49.4 Å². The third-order valence-corrected chi connectivity index (χ3v) is 6.09. The highest BCUT2D eigenvalue weighted by atomic mass is 35.5. The second kappa shape index (κ2) is 11.4. The molecule has 0 saturated carbocycles. The molecular formula is C24H30Cl2N2O2. The first kappa shape index (κ1) is 24.2. The Bertz CT molecular complexity index is 865. The molecule has 0 saturated heterocycles. The summed E-state index contributed by atoms with van der Waals surface area (Å²) in [6.45, 7) is 8.02. The van der Waals surface area contributed by atoms with E-state index < -0.39 is 6.04 Å². The van der Waals surface area contributed by atoms with E-state index in [1.807, 2.05) is 52.0 Å². The maximum Gasteiger partial charge on any atom is 0.243 e. The lowest BCUT2D eigenvalue weighted by Crippen LogP contribution is -2.51. The second-order valence-electron chi connectivity index (χ2n) is 7.57. The Morgan fingerprint density at radius 2 is 1.63 bits per heavy atom. The first-order valence-electron chi connectivity index (χ1n) is 10.4. The van der Waals surface area contributed by atoms with Crippen LogP contribution in [0.4, 0.5) is 0 Å². The molecule has 0 aliphatic heterocycles. The van der Waals surface area contributed by atoms with E-state index in [-0.39, 0.29) is 30.8 Å². The Morgan fingerprint density at radius 3 is 2.20 bits per heavy atom. The Morgan fingerprint density at radius 1 is 1.00 bits per heavy atom. The molecule has 2 aromatic rings. The summed E-state index contributed by atoms with van der Waals surface area (Å²) >= 11 is 12.7. The van der Waals surface area contributed by atoms with E-state index in [1.54, 1.807) is 23.1 Å². The summed E-state index contributed by atoms with van der Waals surface area (Å²) in [5, 5.41) is 3.97. The number of carbonyl (C=O) groups excluding carboxylic acids is 2. The zero-order valence-electron chi connectivity index (χ0n) is 18.0. The Labute approximate surface area is 189 Å². The molecular weight excluding hydrogens is 419 g/mol. The molecule has 0 heterocycles. The number of hydrogen-bond acceptors (Lipinski definition) is 2. The predicted octanol–water partition coefficient (Wildman–Crippen LogP) is 5.57. The minimum absolute atomic E-state index is 0.0313. The summed E-state index contributed by atoms with van der Waals surface area (Å²) in [6, 6.07) is 12.4. The first-order valence-corrected chi connectivity index (χ1v) is 11.1. The lowest BCUT2D eigenvalue weighted by Gasteiger charge is -2.32. The lowest BCUT2D eigenvalue weighted by molar-refractivity contribution is -0.141. The molecule has 1 N–H and O–H groups in total. The van der Waals surface area contributed by atoms with Crippen LogP contribution in [-0.2, 0) is 22.6 Å². The molecule has 2 amide bonds. The van der Waals surface area contributed by atoms with Gasteiger partial charge in [0.2, 0.25) is 11.8 Å². The number of hydrogen-bond donors (Lipinski definition) is 1. The van der Waals surface area contributed by atoms with Crippen molar-refractivity contribution >= 4 is 35.0 Å². The monoisotopic (exact) mass is 448 g/mol. The molecule has 0 unspecified atom stereocenters. The van der Waals surface area contributed by atoms with Gasteiger partial charge < -0.3 is 10.2 Å². The lowest BCUT2D eigenvalue weighted by atomic mass is 10.0. The molecule has 0 aliphatic rings. The number of benzene rings is 2. The van der Waals surface area contributed by atoms with Gasteiger partial charge >= 0.3 is 0 Å². The minimum Gasteiger partial charge on any atom is -0.352 e. The van der Waals surface area contributed by atoms with Crippen LogP contribution in [0, 0.1) is 6.92 Å². The largest absolute Gasteiger partial charge is 0.352 e. The number of nitrogens with one attached hydrogen (secondary N) is 1. The smallest absolute Gasteiger partial charge is 0.243 e. The Hall–Kier alpha value is -2.04. The van der Waals surface area contributed by atoms with Gasteiger partial charge in [-0.2, -0.15) is 0 Å². The van der Waals surface area contributed by atoms with E-state index in [2.05, 4.69) is 5.32 Å². The Balaban J connectivity index is 2.38. The van der Waals surface area contributed by atoms with E-state index >= 15 is 0 Å². The standard InChI is InChI=1S/C24H30Cl2N2O2/c1-5-17(4)27-24(30)22(6-2)28(15-19-20(25)12-9-13-21(19)26)23(29)14-18-11-8-7-10-16(18)3/h7-13,17,22H,5-6,14-15H2,1-4H3,(H,27,30)/t17-,22+/m0/s1. The maximum absolute atomic E-state index is 13.4. The number of rotatable bonds is 9. The molecule has 0 fully saturated rings. The minimum atomic E-state index is -0.608. The maximum atomic E-state index is 13.4. The summed E-state index contributed by atoms with van der Waals surface area (Å²) in [4.78, 5) is 28.0. The van der Waals surface area contributed by atoms with Gasteiger partial charge in [0.1, 0.15) is 6.04 Å². The predicted molar refractivity (Wildman–Crippen MR) is 124 cm³/mol. The number of aryl methyl sites for hydroxylation is 1. The second-order valence-corrected chi connectivity index (χ2v) is 8.38. The third kappa shape index (κ3) is 6.23. The molecule has 30 heavy (non-hydrogen) atoms. The van der Waals surface area contributed by atoms with E-state index in [1.165, 1.54) is 0 Å². The van der Waals surface area contributed by atoms with Crippen LogP contribution in [-0.4, -0.2) is 28.8 Å². The summed E-state index contributed by atoms with van der Waals surface area (Å²) in [5.41, 5.74) is 2.63. The summed E-state index contributed by atoms with van der Waals surface area (Å²) < 4.78 is 0. The highest BCUT2D eigenvalue weighted by Gasteiger charge is 2.30. The number of halogens is 2. The summed E-state index contributed by atoms with van der Waals surface area (Å²) in [7, 11) is 0. The third-order valence-electron chi connectivity index (χ3n) is 5.38. The van der Waals surface area contributed by atoms with Crippen LogP contribution in [0.3, 0.4) is 0 Å². The number of nitrogens with zero attached hydrogens (tertiary/aromatic N) is 1. The van der Waals surface area contributed by atoms with Crippen molar-refractivity contribution in [3.8, 4) is 0 Å². The molecule has 162 valence electrons. The molecule has 2 atom stereocenters. The van der Waals surface area contributed by atoms with E-state index in [0.29, 0.717) is 22.0 Å². The van der Waals surface area contributed by atoms with Crippen molar-refractivity contribution in [1.82, 2.24) is 10.2 Å². The number of carbonyl (C=O) groups is 2. The molecule has 0 aliphatic carbocycles. The molecule has 6 heteroatoms. The van der Waals surface area contributed by atoms with Crippen LogP contribution in [0.25, 0.3) is 0 Å². The Kier molecular flexibility index (Phi) is 9.19. The molecule has 0 radical (unpaired) electrons. The van der Waals surface area contributed by atoms with Crippen molar-refractivity contribution in [2.24, 2.45) is 0 Å². The highest BCUT2D eigenvalue weighted by molar-refractivity contribution is 6.36. The van der Waals surface area contributed by atoms with E-state index in [0.717, 1.165) is 17.5 Å². The zero-order chi connectivity index (χ0) is 22.3. The van der Waals surface area contributed by atoms with Gasteiger partial charge in [0.05, 0.1) is 6.42 Å². The van der Waals surface area contributed by atoms with E-state index in [9.17, 15) is 9.59 Å². The van der Waals surface area contributed by atoms with Gasteiger partial charge in [0.15, 0.2) is 0 Å². The zero-order valence-corrected chi connectivity index (χ0v) is 19.6. The van der Waals surface area contributed by atoms with Crippen LogP contribution < -0.4 is 5.32 Å². The van der Waals surface area contributed by atoms with Gasteiger partial charge in [-0.25, -0.2) is 0 Å². The van der Waals surface area contributed by atoms with Gasteiger partial charge in [0.25, 0.3) is 0 Å². The van der Waals surface area contributed by atoms with Crippen molar-refractivity contribution in [3.05, 3.63) is 69.2 Å². The molecule has 0 aromatic heterocycles. The van der Waals surface area contributed by atoms with Crippen LogP contribution in [0.5, 0.6) is 0 Å². The van der Waals surface area contributed by atoms with Crippen molar-refractivity contribution in [3.63, 3.8) is 0 Å². The summed E-state index contributed by atoms with van der Waals surface area (Å²) in [6.07, 6.45) is 1.52. The number of amides is 2. The fraction of sp³-hybridized carbons (Fsp3) is 0.417. The quantitative estimate of drug-likeness (QED) is 0.545. The van der Waals surface area contributed by atoms with Crippen molar-refractivity contribution in [1.29, 1.82) is 0 Å². The average molecular weight is 449 g/mol. The van der Waals surface area contributed by atoms with Crippen molar-refractivity contribution in [2.75, 3.05) is 0 Å². The van der Waals surface area contributed by atoms with Crippen LogP contribution in [0.2, 0.25) is 10.0 Å². The van der Waals surface area contributed by atoms with Crippen molar-refractivity contribution in [2.45, 2.75) is 65.6 Å². The molecule has 4 nitrogen and oxygen atoms in total. The normalized spacial score (nSPS) is 12.9. The molecule has 2 aromatic carbocycles. The average Bonchev–Trinajstić information content (AvgIpc) is 2.71. The summed E-state index contributed by atoms with van der Waals surface area (Å²) in [5.74, 6) is -0.292. The SMILES string of the molecule is CC[C@H](C(=O)N[C@@H](C)CC)N(Cc1c(Cl)cccc1Cl)C(=O)Cc1ccccc1C. The van der Waals surface area contributed by atoms with Crippen LogP contribution in [0.1, 0.15) is 50.3 Å². The molecule has 0 spiro atoms. The van der Waals surface area contributed by atoms with E-state index in [4.69, 9.17) is 23.2 Å². The fourth-order valence-electron chi connectivity index (χ4n) is 3.29. The van der Waals surface area contributed by atoms with Gasteiger partial charge in [-0.1, -0.05) is 67.4 Å². The van der Waals surface area contributed by atoms with Gasteiger partial charge in [-0.05, 0) is 49.9 Å². The fourth-order valence-corrected chi connectivity index (χ4v) is 3.80. The van der Waals surface area contributed by atoms with Gasteiger partial charge in [-0.15, -0.1) is 0 Å². The highest BCUT2D eigenvalue weighted by Crippen LogP contribution is 2.27. The first-order chi connectivity index (χ1) is 14.3. The van der Waals surface area contributed by atoms with Crippen LogP contribution in [0.15, 0.2) is 42.5 Å². The van der Waals surface area contributed by atoms with Gasteiger partial charge in [0, 0.05) is 28.2 Å². The van der Waals surface area contributed by atoms with Crippen LogP contribution >= 0.6 is 23.2 Å².